The van der Waals surface area contributed by atoms with Crippen LogP contribution in [0.25, 0.3) is 0 Å². The second-order valence-corrected chi connectivity index (χ2v) is 7.10. The van der Waals surface area contributed by atoms with E-state index in [2.05, 4.69) is 10.9 Å². The molecule has 1 aromatic rings. The second-order valence-electron chi connectivity index (χ2n) is 7.10. The number of halogens is 1. The lowest BCUT2D eigenvalue weighted by atomic mass is 9.98. The second kappa shape index (κ2) is 6.67. The summed E-state index contributed by atoms with van der Waals surface area (Å²) in [6, 6.07) is 5.61. The summed E-state index contributed by atoms with van der Waals surface area (Å²) in [5.74, 6) is -0.694. The van der Waals surface area contributed by atoms with Gasteiger partial charge in [-0.1, -0.05) is 0 Å². The molecule has 6 nitrogen and oxygen atoms in total. The Morgan fingerprint density at radius 2 is 1.88 bits per heavy atom. The van der Waals surface area contributed by atoms with E-state index in [-0.39, 0.29) is 11.7 Å². The Morgan fingerprint density at radius 1 is 1.25 bits per heavy atom. The molecular formula is C17H24FN3O3. The fourth-order valence-corrected chi connectivity index (χ4v) is 2.61. The van der Waals surface area contributed by atoms with E-state index in [1.54, 1.807) is 27.7 Å². The number of likely N-dealkylation sites (tertiary alicyclic amines) is 1. The van der Waals surface area contributed by atoms with E-state index in [4.69, 9.17) is 4.74 Å². The van der Waals surface area contributed by atoms with Crippen molar-refractivity contribution in [2.75, 3.05) is 12.0 Å². The summed E-state index contributed by atoms with van der Waals surface area (Å²) >= 11 is 0. The van der Waals surface area contributed by atoms with Gasteiger partial charge in [0.2, 0.25) is 0 Å². The summed E-state index contributed by atoms with van der Waals surface area (Å²) in [6.45, 7) is 7.54. The van der Waals surface area contributed by atoms with Crippen molar-refractivity contribution in [1.29, 1.82) is 0 Å². The van der Waals surface area contributed by atoms with E-state index in [1.165, 1.54) is 29.2 Å². The summed E-state index contributed by atoms with van der Waals surface area (Å²) in [7, 11) is 0. The van der Waals surface area contributed by atoms with Crippen LogP contribution in [-0.4, -0.2) is 34.6 Å². The Kier molecular flexibility index (Phi) is 5.01. The van der Waals surface area contributed by atoms with Gasteiger partial charge in [0.05, 0.1) is 5.69 Å². The minimum atomic E-state index is -0.991. The molecule has 0 radical (unpaired) electrons. The van der Waals surface area contributed by atoms with Gasteiger partial charge in [-0.05, 0) is 64.8 Å². The van der Waals surface area contributed by atoms with E-state index in [1.807, 2.05) is 0 Å². The van der Waals surface area contributed by atoms with Gasteiger partial charge in [-0.25, -0.2) is 9.18 Å². The van der Waals surface area contributed by atoms with Crippen molar-refractivity contribution < 1.29 is 18.7 Å². The minimum absolute atomic E-state index is 0.338. The molecule has 132 valence electrons. The predicted molar refractivity (Wildman–Crippen MR) is 88.7 cm³/mol. The van der Waals surface area contributed by atoms with E-state index in [9.17, 15) is 14.0 Å². The molecule has 1 aliphatic heterocycles. The van der Waals surface area contributed by atoms with Gasteiger partial charge in [-0.2, -0.15) is 0 Å². The molecule has 0 aliphatic carbocycles. The molecule has 1 atom stereocenters. The van der Waals surface area contributed by atoms with Gasteiger partial charge in [0.15, 0.2) is 0 Å². The number of hydrazine groups is 1. The fourth-order valence-electron chi connectivity index (χ4n) is 2.61. The van der Waals surface area contributed by atoms with Gasteiger partial charge in [0.25, 0.3) is 5.91 Å². The maximum atomic E-state index is 12.9. The Balaban J connectivity index is 2.02. The largest absolute Gasteiger partial charge is 0.444 e. The van der Waals surface area contributed by atoms with Crippen LogP contribution in [0.5, 0.6) is 0 Å². The Labute approximate surface area is 141 Å². The van der Waals surface area contributed by atoms with Crippen LogP contribution in [0, 0.1) is 5.82 Å². The average molecular weight is 337 g/mol. The Bertz CT molecular complexity index is 613. The van der Waals surface area contributed by atoms with Gasteiger partial charge in [0, 0.05) is 6.54 Å². The molecule has 1 unspecified atom stereocenters. The van der Waals surface area contributed by atoms with Gasteiger partial charge in [0.1, 0.15) is 17.0 Å². The van der Waals surface area contributed by atoms with Gasteiger partial charge >= 0.3 is 6.09 Å². The molecule has 2 N–H and O–H groups in total. The van der Waals surface area contributed by atoms with Crippen molar-refractivity contribution in [2.45, 2.75) is 51.7 Å². The van der Waals surface area contributed by atoms with Crippen LogP contribution in [0.2, 0.25) is 0 Å². The number of ether oxygens (including phenoxy) is 1. The van der Waals surface area contributed by atoms with Crippen molar-refractivity contribution in [3.05, 3.63) is 30.1 Å². The first-order chi connectivity index (χ1) is 11.1. The van der Waals surface area contributed by atoms with Crippen molar-refractivity contribution >= 4 is 17.7 Å². The summed E-state index contributed by atoms with van der Waals surface area (Å²) in [5.41, 5.74) is 4.26. The zero-order chi connectivity index (χ0) is 18.0. The van der Waals surface area contributed by atoms with Crippen LogP contribution >= 0.6 is 0 Å². The van der Waals surface area contributed by atoms with Crippen molar-refractivity contribution in [1.82, 2.24) is 10.3 Å². The van der Waals surface area contributed by atoms with Crippen LogP contribution in [-0.2, 0) is 9.53 Å². The maximum Gasteiger partial charge on any atom is 0.411 e. The number of anilines is 1. The molecule has 0 bridgehead atoms. The molecule has 1 fully saturated rings. The third kappa shape index (κ3) is 4.15. The summed E-state index contributed by atoms with van der Waals surface area (Å²) in [5, 5.41) is 0. The standard InChI is InChI=1S/C17H24FN3O3/c1-16(2,3)24-15(23)21-11-5-10-17(21,4)14(22)20-19-13-8-6-12(18)7-9-13/h6-9,19H,5,10-11H2,1-4H3,(H,20,22). The zero-order valence-electron chi connectivity index (χ0n) is 14.5. The first-order valence-electron chi connectivity index (χ1n) is 7.94. The number of carbonyl (C=O) groups excluding carboxylic acids is 2. The van der Waals surface area contributed by atoms with Crippen molar-refractivity contribution in [3.8, 4) is 0 Å². The molecule has 1 aromatic carbocycles. The average Bonchev–Trinajstić information content (AvgIpc) is 2.88. The SMILES string of the molecule is CC(C)(C)OC(=O)N1CCCC1(C)C(=O)NNc1ccc(F)cc1. The Hall–Kier alpha value is -2.31. The van der Waals surface area contributed by atoms with E-state index >= 15 is 0 Å². The minimum Gasteiger partial charge on any atom is -0.444 e. The van der Waals surface area contributed by atoms with Crippen molar-refractivity contribution in [3.63, 3.8) is 0 Å². The lowest BCUT2D eigenvalue weighted by molar-refractivity contribution is -0.130. The highest BCUT2D eigenvalue weighted by atomic mass is 19.1. The molecule has 0 saturated carbocycles. The zero-order valence-corrected chi connectivity index (χ0v) is 14.5. The molecule has 2 rings (SSSR count). The molecule has 2 amide bonds. The number of nitrogens with one attached hydrogen (secondary N) is 2. The van der Waals surface area contributed by atoms with Crippen LogP contribution in [0.3, 0.4) is 0 Å². The molecule has 24 heavy (non-hydrogen) atoms. The van der Waals surface area contributed by atoms with Crippen LogP contribution < -0.4 is 10.9 Å². The smallest absolute Gasteiger partial charge is 0.411 e. The highest BCUT2D eigenvalue weighted by molar-refractivity contribution is 5.90. The number of nitrogens with zero attached hydrogens (tertiary/aromatic N) is 1. The molecule has 1 aliphatic rings. The van der Waals surface area contributed by atoms with Crippen molar-refractivity contribution in [2.24, 2.45) is 0 Å². The van der Waals surface area contributed by atoms with Gasteiger partial charge in [-0.3, -0.25) is 20.5 Å². The number of benzene rings is 1. The Morgan fingerprint density at radius 3 is 2.46 bits per heavy atom. The first-order valence-corrected chi connectivity index (χ1v) is 7.94. The molecule has 1 saturated heterocycles. The molecule has 1 heterocycles. The van der Waals surface area contributed by atoms with E-state index in [0.717, 1.165) is 6.42 Å². The highest BCUT2D eigenvalue weighted by Gasteiger charge is 2.47. The van der Waals surface area contributed by atoms with Crippen LogP contribution in [0.15, 0.2) is 24.3 Å². The number of rotatable bonds is 3. The highest BCUT2D eigenvalue weighted by Crippen LogP contribution is 2.30. The predicted octanol–water partition coefficient (Wildman–Crippen LogP) is 3.06. The summed E-state index contributed by atoms with van der Waals surface area (Å²) in [4.78, 5) is 26.4. The van der Waals surface area contributed by atoms with Gasteiger partial charge < -0.3 is 4.74 Å². The molecule has 7 heteroatoms. The summed E-state index contributed by atoms with van der Waals surface area (Å²) in [6.07, 6.45) is 0.766. The number of amides is 2. The van der Waals surface area contributed by atoms with E-state index < -0.39 is 17.2 Å². The summed E-state index contributed by atoms with van der Waals surface area (Å²) < 4.78 is 18.3. The number of hydrogen-bond acceptors (Lipinski definition) is 4. The van der Waals surface area contributed by atoms with Crippen LogP contribution in [0.4, 0.5) is 14.9 Å². The van der Waals surface area contributed by atoms with Gasteiger partial charge in [-0.15, -0.1) is 0 Å². The third-order valence-electron chi connectivity index (χ3n) is 3.91. The fraction of sp³-hybridized carbons (Fsp3) is 0.529. The molecule has 0 aromatic heterocycles. The molecular weight excluding hydrogens is 313 g/mol. The number of carbonyl (C=O) groups is 2. The monoisotopic (exact) mass is 337 g/mol. The normalized spacial score (nSPS) is 20.6. The lowest BCUT2D eigenvalue weighted by Crippen LogP contribution is -2.57. The first kappa shape index (κ1) is 18.0. The quantitative estimate of drug-likeness (QED) is 0.832. The maximum absolute atomic E-state index is 12.9. The third-order valence-corrected chi connectivity index (χ3v) is 3.91. The topological polar surface area (TPSA) is 70.7 Å². The molecule has 0 spiro atoms. The van der Waals surface area contributed by atoms with E-state index in [0.29, 0.717) is 18.7 Å². The van der Waals surface area contributed by atoms with Crippen LogP contribution in [0.1, 0.15) is 40.5 Å². The lowest BCUT2D eigenvalue weighted by Gasteiger charge is -2.35. The number of hydrogen-bond donors (Lipinski definition) is 2.